The first kappa shape index (κ1) is 39.4. The normalized spacial score (nSPS) is 22.8. The molecule has 7 N–H and O–H groups in total. The SMILES string of the molecule is CN=C(N)Nc1cc(C2(CC=CC(=O)CCc3ccc(O)c(OC)c3)CCCC2)cc(OC2(CNC)CCC(CC(O)OC3CCCCC3)C2)c1O. The Labute approximate surface area is 309 Å². The summed E-state index contributed by atoms with van der Waals surface area (Å²) in [7, 11) is 5.00. The van der Waals surface area contributed by atoms with Gasteiger partial charge in [-0.15, -0.1) is 0 Å². The van der Waals surface area contributed by atoms with Crippen molar-refractivity contribution in [2.24, 2.45) is 16.6 Å². The molecule has 3 unspecified atom stereocenters. The number of rotatable bonds is 17. The monoisotopic (exact) mass is 720 g/mol. The molecule has 0 bridgehead atoms. The number of hydrogen-bond acceptors (Lipinski definition) is 9. The minimum Gasteiger partial charge on any atom is -0.504 e. The average Bonchev–Trinajstić information content (AvgIpc) is 3.77. The Hall–Kier alpha value is -3.80. The van der Waals surface area contributed by atoms with Crippen molar-refractivity contribution in [1.29, 1.82) is 0 Å². The molecule has 3 aliphatic rings. The Kier molecular flexibility index (Phi) is 13.9. The molecule has 2 aromatic carbocycles. The van der Waals surface area contributed by atoms with E-state index in [1.165, 1.54) is 13.5 Å². The summed E-state index contributed by atoms with van der Waals surface area (Å²) >= 11 is 0. The number of phenols is 2. The molecule has 3 fully saturated rings. The fraction of sp³-hybridized carbons (Fsp3) is 0.610. The zero-order chi connectivity index (χ0) is 37.1. The molecular formula is C41H60N4O7. The van der Waals surface area contributed by atoms with Crippen LogP contribution >= 0.6 is 0 Å². The van der Waals surface area contributed by atoms with E-state index in [9.17, 15) is 20.1 Å². The average molecular weight is 721 g/mol. The van der Waals surface area contributed by atoms with E-state index >= 15 is 0 Å². The number of likely N-dealkylation sites (N-methyl/N-ethyl adjacent to an activating group) is 1. The largest absolute Gasteiger partial charge is 0.504 e. The van der Waals surface area contributed by atoms with Gasteiger partial charge in [0.15, 0.2) is 41.0 Å². The number of nitrogens with two attached hydrogens (primary N) is 1. The summed E-state index contributed by atoms with van der Waals surface area (Å²) in [6, 6.07) is 9.07. The third-order valence-electron chi connectivity index (χ3n) is 11.4. The number of allylic oxidation sites excluding steroid dienone is 2. The van der Waals surface area contributed by atoms with Crippen LogP contribution in [0.25, 0.3) is 0 Å². The Morgan fingerprint density at radius 3 is 2.54 bits per heavy atom. The predicted octanol–water partition coefficient (Wildman–Crippen LogP) is 6.62. The van der Waals surface area contributed by atoms with Crippen molar-refractivity contribution in [2.45, 2.75) is 126 Å². The molecule has 286 valence electrons. The number of hydrogen-bond donors (Lipinski definition) is 6. The maximum atomic E-state index is 13.0. The van der Waals surface area contributed by atoms with Crippen LogP contribution in [0, 0.1) is 5.92 Å². The van der Waals surface area contributed by atoms with E-state index in [1.807, 2.05) is 25.3 Å². The predicted molar refractivity (Wildman–Crippen MR) is 204 cm³/mol. The van der Waals surface area contributed by atoms with Gasteiger partial charge in [-0.05, 0) is 118 Å². The number of aliphatic imine (C=N–C) groups is 1. The molecule has 5 rings (SSSR count). The highest BCUT2D eigenvalue weighted by Gasteiger charge is 2.43. The van der Waals surface area contributed by atoms with Gasteiger partial charge in [0.2, 0.25) is 0 Å². The van der Waals surface area contributed by atoms with E-state index in [0.29, 0.717) is 49.4 Å². The lowest BCUT2D eigenvalue weighted by Crippen LogP contribution is -2.43. The number of ketones is 1. The summed E-state index contributed by atoms with van der Waals surface area (Å²) in [5.74, 6) is 1.25. The summed E-state index contributed by atoms with van der Waals surface area (Å²) in [6.07, 6.45) is 17.1. The number of methoxy groups -OCH3 is 1. The van der Waals surface area contributed by atoms with Gasteiger partial charge in [-0.2, -0.15) is 0 Å². The number of guanidine groups is 1. The van der Waals surface area contributed by atoms with E-state index in [1.54, 1.807) is 31.3 Å². The van der Waals surface area contributed by atoms with Crippen molar-refractivity contribution in [3.8, 4) is 23.0 Å². The fourth-order valence-corrected chi connectivity index (χ4v) is 8.60. The van der Waals surface area contributed by atoms with Crippen molar-refractivity contribution >= 4 is 17.4 Å². The molecule has 2 aromatic rings. The minimum atomic E-state index is -0.791. The van der Waals surface area contributed by atoms with Gasteiger partial charge in [0.1, 0.15) is 5.60 Å². The Morgan fingerprint density at radius 1 is 1.06 bits per heavy atom. The molecule has 3 atom stereocenters. The molecule has 0 radical (unpaired) electrons. The quantitative estimate of drug-likeness (QED) is 0.0344. The van der Waals surface area contributed by atoms with Gasteiger partial charge in [-0.1, -0.05) is 44.2 Å². The fourth-order valence-electron chi connectivity index (χ4n) is 8.60. The zero-order valence-corrected chi connectivity index (χ0v) is 31.3. The van der Waals surface area contributed by atoms with Crippen LogP contribution in [0.1, 0.15) is 107 Å². The van der Waals surface area contributed by atoms with Crippen molar-refractivity contribution in [3.05, 3.63) is 53.6 Å². The van der Waals surface area contributed by atoms with Crippen molar-refractivity contribution in [3.63, 3.8) is 0 Å². The number of aryl methyl sites for hydroxylation is 1. The number of benzene rings is 2. The van der Waals surface area contributed by atoms with Gasteiger partial charge in [0, 0.05) is 26.4 Å². The molecule has 11 nitrogen and oxygen atoms in total. The lowest BCUT2D eigenvalue weighted by atomic mass is 9.75. The summed E-state index contributed by atoms with van der Waals surface area (Å²) in [5, 5.41) is 38.8. The maximum absolute atomic E-state index is 13.0. The molecule has 0 heterocycles. The number of aliphatic hydroxyl groups excluding tert-OH is 1. The van der Waals surface area contributed by atoms with Gasteiger partial charge >= 0.3 is 0 Å². The number of aromatic hydroxyl groups is 2. The van der Waals surface area contributed by atoms with E-state index in [-0.39, 0.29) is 40.7 Å². The van der Waals surface area contributed by atoms with Crippen LogP contribution in [0.5, 0.6) is 23.0 Å². The summed E-state index contributed by atoms with van der Waals surface area (Å²) in [4.78, 5) is 17.0. The summed E-state index contributed by atoms with van der Waals surface area (Å²) < 4.78 is 18.1. The first-order chi connectivity index (χ1) is 25.1. The van der Waals surface area contributed by atoms with E-state index in [4.69, 9.17) is 19.9 Å². The first-order valence-corrected chi connectivity index (χ1v) is 19.2. The van der Waals surface area contributed by atoms with Crippen LogP contribution in [0.2, 0.25) is 0 Å². The number of nitrogens with zero attached hydrogens (tertiary/aromatic N) is 1. The van der Waals surface area contributed by atoms with Gasteiger partial charge in [-0.3, -0.25) is 9.79 Å². The summed E-state index contributed by atoms with van der Waals surface area (Å²) in [5.41, 5.74) is 7.64. The number of anilines is 1. The van der Waals surface area contributed by atoms with Crippen molar-refractivity contribution < 1.29 is 34.3 Å². The lowest BCUT2D eigenvalue weighted by molar-refractivity contribution is -0.152. The smallest absolute Gasteiger partial charge is 0.192 e. The molecule has 3 aliphatic carbocycles. The number of aliphatic hydroxyl groups is 1. The maximum Gasteiger partial charge on any atom is 0.192 e. The first-order valence-electron chi connectivity index (χ1n) is 19.2. The van der Waals surface area contributed by atoms with Gasteiger partial charge in [0.05, 0.1) is 18.9 Å². The van der Waals surface area contributed by atoms with Crippen molar-refractivity contribution in [1.82, 2.24) is 5.32 Å². The molecule has 0 saturated heterocycles. The number of ether oxygens (including phenoxy) is 3. The standard InChI is InChI=1S/C41H60N4O7/c1-43-27-41(21-17-29(26-41)23-37(48)51-32-11-5-4-6-12-32)52-36-25-30(24-33(38(36)49)45-39(42)44-2)40(18-7-8-19-40)20-9-10-31(46)15-13-28-14-16-34(47)35(22-28)50-3/h9-10,14,16,22,24-25,29,32,37,43,47-49H,4-8,11-13,15,17-21,23,26-27H2,1-3H3,(H3,42,44,45). The third kappa shape index (κ3) is 10.2. The third-order valence-corrected chi connectivity index (χ3v) is 11.4. The van der Waals surface area contributed by atoms with Crippen LogP contribution < -0.4 is 25.8 Å². The lowest BCUT2D eigenvalue weighted by Gasteiger charge is -2.34. The Bertz CT molecular complexity index is 1550. The molecule has 11 heteroatoms. The Morgan fingerprint density at radius 2 is 1.83 bits per heavy atom. The minimum absolute atomic E-state index is 0.0281. The highest BCUT2D eigenvalue weighted by atomic mass is 16.6. The van der Waals surface area contributed by atoms with Gasteiger partial charge in [0.25, 0.3) is 0 Å². The molecule has 52 heavy (non-hydrogen) atoms. The zero-order valence-electron chi connectivity index (χ0n) is 31.3. The molecule has 3 saturated carbocycles. The number of carbonyl (C=O) groups is 1. The summed E-state index contributed by atoms with van der Waals surface area (Å²) in [6.45, 7) is 0.584. The number of carbonyl (C=O) groups excluding carboxylic acids is 1. The van der Waals surface area contributed by atoms with Crippen molar-refractivity contribution in [2.75, 3.05) is 33.1 Å². The molecular weight excluding hydrogens is 660 g/mol. The second-order valence-corrected chi connectivity index (χ2v) is 15.2. The number of phenolic OH excluding ortho intramolecular Hbond substituents is 2. The second kappa shape index (κ2) is 18.3. The number of nitrogens with one attached hydrogen (secondary N) is 2. The topological polar surface area (TPSA) is 168 Å². The molecule has 0 spiro atoms. The second-order valence-electron chi connectivity index (χ2n) is 15.2. The van der Waals surface area contributed by atoms with Gasteiger partial charge < -0.3 is 45.9 Å². The van der Waals surface area contributed by atoms with Crippen LogP contribution in [-0.2, 0) is 21.4 Å². The molecule has 0 aliphatic heterocycles. The molecule has 0 aromatic heterocycles. The van der Waals surface area contributed by atoms with Crippen LogP contribution in [0.3, 0.4) is 0 Å². The highest BCUT2D eigenvalue weighted by Crippen LogP contribution is 2.50. The van der Waals surface area contributed by atoms with Crippen LogP contribution in [0.15, 0.2) is 47.5 Å². The van der Waals surface area contributed by atoms with E-state index in [2.05, 4.69) is 15.6 Å². The van der Waals surface area contributed by atoms with Crippen LogP contribution in [0.4, 0.5) is 5.69 Å². The Balaban J connectivity index is 1.33. The highest BCUT2D eigenvalue weighted by molar-refractivity contribution is 5.94. The van der Waals surface area contributed by atoms with Crippen LogP contribution in [-0.4, -0.2) is 72.8 Å². The van der Waals surface area contributed by atoms with E-state index in [0.717, 1.165) is 81.8 Å². The van der Waals surface area contributed by atoms with Gasteiger partial charge in [-0.25, -0.2) is 0 Å². The van der Waals surface area contributed by atoms with E-state index < -0.39 is 11.9 Å². The molecule has 0 amide bonds.